The van der Waals surface area contributed by atoms with Gasteiger partial charge >= 0.3 is 29.6 Å². The van der Waals surface area contributed by atoms with E-state index in [0.29, 0.717) is 11.5 Å². The minimum atomic E-state index is -4.23. The van der Waals surface area contributed by atoms with Crippen LogP contribution in [-0.4, -0.2) is 13.0 Å². The zero-order valence-electron chi connectivity index (χ0n) is 16.7. The predicted octanol–water partition coefficient (Wildman–Crippen LogP) is 2.10. The summed E-state index contributed by atoms with van der Waals surface area (Å²) in [5.74, 6) is 0.990. The number of benzene rings is 2. The second kappa shape index (κ2) is 12.5. The number of unbranched alkanes of at least 4 members (excludes halogenated alkanes) is 6. The molecule has 1 N–H and O–H groups in total. The quantitative estimate of drug-likeness (QED) is 0.346. The molecule has 148 valence electrons. The molecule has 2 rings (SSSR count). The van der Waals surface area contributed by atoms with Crippen molar-refractivity contribution in [1.82, 2.24) is 0 Å². The van der Waals surface area contributed by atoms with Crippen molar-refractivity contribution < 1.29 is 52.4 Å². The van der Waals surface area contributed by atoms with Crippen LogP contribution in [0.4, 0.5) is 0 Å². The summed E-state index contributed by atoms with van der Waals surface area (Å²) in [5.41, 5.74) is 0.856. The number of hydrogen-bond donors (Lipinski definition) is 1. The summed E-state index contributed by atoms with van der Waals surface area (Å²) in [6.07, 6.45) is 9.13. The number of hydrogen-bond acceptors (Lipinski definition) is 4. The Labute approximate surface area is 190 Å². The Kier molecular flexibility index (Phi) is 11.2. The SMILES string of the molecule is CCCCCCCCCc1cc([O-])ccc1Oc1ccc(S(=O)(=O)O)cc1.[Na+]. The molecule has 2 aromatic rings. The second-order valence-electron chi connectivity index (χ2n) is 6.69. The van der Waals surface area contributed by atoms with Crippen molar-refractivity contribution in [2.45, 2.75) is 63.2 Å². The number of ether oxygens (including phenoxy) is 1. The largest absolute Gasteiger partial charge is 1.00 e. The van der Waals surface area contributed by atoms with E-state index in [0.717, 1.165) is 24.8 Å². The van der Waals surface area contributed by atoms with Crippen molar-refractivity contribution in [1.29, 1.82) is 0 Å². The smallest absolute Gasteiger partial charge is 0.872 e. The molecule has 0 aliphatic carbocycles. The predicted molar refractivity (Wildman–Crippen MR) is 104 cm³/mol. The van der Waals surface area contributed by atoms with Gasteiger partial charge in [0.2, 0.25) is 0 Å². The molecule has 0 radical (unpaired) electrons. The molecule has 0 aliphatic heterocycles. The molecular formula is C21H27NaO5S. The Morgan fingerprint density at radius 3 is 2.14 bits per heavy atom. The van der Waals surface area contributed by atoms with Gasteiger partial charge in [0.25, 0.3) is 10.1 Å². The summed E-state index contributed by atoms with van der Waals surface area (Å²) in [6, 6.07) is 10.2. The minimum Gasteiger partial charge on any atom is -0.872 e. The zero-order chi connectivity index (χ0) is 19.7. The summed E-state index contributed by atoms with van der Waals surface area (Å²) in [4.78, 5) is -0.187. The third kappa shape index (κ3) is 8.53. The van der Waals surface area contributed by atoms with Crippen LogP contribution in [0.5, 0.6) is 17.2 Å². The molecule has 0 saturated heterocycles. The summed E-state index contributed by atoms with van der Waals surface area (Å²) < 4.78 is 37.1. The van der Waals surface area contributed by atoms with E-state index in [1.165, 1.54) is 62.4 Å². The van der Waals surface area contributed by atoms with Crippen molar-refractivity contribution in [3.63, 3.8) is 0 Å². The fraction of sp³-hybridized carbons (Fsp3) is 0.429. The Bertz CT molecular complexity index is 819. The van der Waals surface area contributed by atoms with Gasteiger partial charge in [0.1, 0.15) is 11.5 Å². The van der Waals surface area contributed by atoms with Gasteiger partial charge in [-0.25, -0.2) is 0 Å². The Balaban J connectivity index is 0.00000392. The minimum absolute atomic E-state index is 0. The van der Waals surface area contributed by atoms with Crippen LogP contribution >= 0.6 is 0 Å². The van der Waals surface area contributed by atoms with Gasteiger partial charge in [0, 0.05) is 0 Å². The molecule has 5 nitrogen and oxygen atoms in total. The molecule has 0 saturated carbocycles. The van der Waals surface area contributed by atoms with Gasteiger partial charge in [-0.15, -0.1) is 5.75 Å². The maximum absolute atomic E-state index is 11.7. The number of rotatable bonds is 11. The van der Waals surface area contributed by atoms with Crippen molar-refractivity contribution in [2.24, 2.45) is 0 Å². The normalized spacial score (nSPS) is 11.1. The molecule has 28 heavy (non-hydrogen) atoms. The van der Waals surface area contributed by atoms with Crippen LogP contribution in [0.15, 0.2) is 47.4 Å². The second-order valence-corrected chi connectivity index (χ2v) is 8.11. The van der Waals surface area contributed by atoms with E-state index in [1.54, 1.807) is 12.1 Å². The molecule has 0 heterocycles. The van der Waals surface area contributed by atoms with Crippen LogP contribution in [0, 0.1) is 0 Å². The molecule has 0 amide bonds. The van der Waals surface area contributed by atoms with E-state index in [-0.39, 0.29) is 40.2 Å². The maximum Gasteiger partial charge on any atom is 1.00 e. The maximum atomic E-state index is 11.7. The first-order valence-corrected chi connectivity index (χ1v) is 10.9. The van der Waals surface area contributed by atoms with E-state index in [9.17, 15) is 13.5 Å². The van der Waals surface area contributed by atoms with Gasteiger partial charge in [-0.05, 0) is 48.7 Å². The first-order chi connectivity index (χ1) is 12.9. The molecular weight excluding hydrogens is 387 g/mol. The molecule has 0 fully saturated rings. The summed E-state index contributed by atoms with van der Waals surface area (Å²) in [7, 11) is -4.23. The molecule has 0 aromatic heterocycles. The van der Waals surface area contributed by atoms with Crippen LogP contribution < -0.4 is 39.4 Å². The summed E-state index contributed by atoms with van der Waals surface area (Å²) in [5, 5.41) is 11.7. The van der Waals surface area contributed by atoms with E-state index in [4.69, 9.17) is 9.29 Å². The van der Waals surface area contributed by atoms with E-state index < -0.39 is 10.1 Å². The Morgan fingerprint density at radius 1 is 0.929 bits per heavy atom. The molecule has 0 atom stereocenters. The third-order valence-electron chi connectivity index (χ3n) is 4.43. The van der Waals surface area contributed by atoms with Crippen molar-refractivity contribution in [3.05, 3.63) is 48.0 Å². The van der Waals surface area contributed by atoms with Gasteiger partial charge in [-0.1, -0.05) is 57.6 Å². The van der Waals surface area contributed by atoms with Crippen molar-refractivity contribution in [2.75, 3.05) is 0 Å². The van der Waals surface area contributed by atoms with E-state index >= 15 is 0 Å². The van der Waals surface area contributed by atoms with Gasteiger partial charge < -0.3 is 9.84 Å². The van der Waals surface area contributed by atoms with Crippen molar-refractivity contribution >= 4 is 10.1 Å². The van der Waals surface area contributed by atoms with E-state index in [1.807, 2.05) is 0 Å². The molecule has 0 spiro atoms. The van der Waals surface area contributed by atoms with Crippen LogP contribution in [0.25, 0.3) is 0 Å². The molecule has 7 heteroatoms. The van der Waals surface area contributed by atoms with Crippen LogP contribution in [0.2, 0.25) is 0 Å². The Morgan fingerprint density at radius 2 is 1.54 bits per heavy atom. The van der Waals surface area contributed by atoms with Crippen LogP contribution in [-0.2, 0) is 16.5 Å². The van der Waals surface area contributed by atoms with Crippen LogP contribution in [0.1, 0.15) is 57.4 Å². The third-order valence-corrected chi connectivity index (χ3v) is 5.30. The molecule has 0 bridgehead atoms. The summed E-state index contributed by atoms with van der Waals surface area (Å²) >= 11 is 0. The fourth-order valence-corrected chi connectivity index (χ4v) is 3.41. The summed E-state index contributed by atoms with van der Waals surface area (Å²) in [6.45, 7) is 2.20. The van der Waals surface area contributed by atoms with Gasteiger partial charge in [0.15, 0.2) is 0 Å². The van der Waals surface area contributed by atoms with E-state index in [2.05, 4.69) is 6.92 Å². The first-order valence-electron chi connectivity index (χ1n) is 9.45. The van der Waals surface area contributed by atoms with Gasteiger partial charge in [-0.3, -0.25) is 4.55 Å². The fourth-order valence-electron chi connectivity index (χ4n) is 2.93. The van der Waals surface area contributed by atoms with Crippen molar-refractivity contribution in [3.8, 4) is 17.2 Å². The topological polar surface area (TPSA) is 86.7 Å². The standard InChI is InChI=1S/C21H28O5S.Na/c1-2-3-4-5-6-7-8-9-17-16-18(22)10-15-21(17)26-19-11-13-20(14-12-19)27(23,24)25;/h10-16,22H,2-9H2,1H3,(H,23,24,25);/q;+1/p-1. The number of aryl methyl sites for hydroxylation is 1. The van der Waals surface area contributed by atoms with Crippen LogP contribution in [0.3, 0.4) is 0 Å². The van der Waals surface area contributed by atoms with Gasteiger partial charge in [0.05, 0.1) is 4.90 Å². The monoisotopic (exact) mass is 414 g/mol. The first kappa shape index (κ1) is 25.0. The molecule has 0 unspecified atom stereocenters. The average Bonchev–Trinajstić information content (AvgIpc) is 2.63. The molecule has 2 aromatic carbocycles. The van der Waals surface area contributed by atoms with Gasteiger partial charge in [-0.2, -0.15) is 8.42 Å². The zero-order valence-corrected chi connectivity index (χ0v) is 19.5. The Hall–Kier alpha value is -1.05. The molecule has 0 aliphatic rings. The average molecular weight is 414 g/mol.